The molecule has 2 unspecified atom stereocenters. The summed E-state index contributed by atoms with van der Waals surface area (Å²) in [5.41, 5.74) is 0.948. The number of carboxylic acids is 1. The van der Waals surface area contributed by atoms with Crippen LogP contribution in [0.2, 0.25) is 0 Å². The van der Waals surface area contributed by atoms with Crippen LogP contribution in [0.25, 0.3) is 0 Å². The van der Waals surface area contributed by atoms with Crippen molar-refractivity contribution in [2.24, 2.45) is 0 Å². The maximum absolute atomic E-state index is 12.3. The van der Waals surface area contributed by atoms with Crippen molar-refractivity contribution < 1.29 is 24.2 Å². The molecule has 0 amide bonds. The maximum Gasteiger partial charge on any atom is 0.339 e. The first kappa shape index (κ1) is 16.7. The molecule has 1 N–H and O–H groups in total. The zero-order valence-corrected chi connectivity index (χ0v) is 12.8. The molecule has 0 heterocycles. The second-order valence-corrected chi connectivity index (χ2v) is 5.01. The number of hydrogen-bond donors (Lipinski definition) is 1. The van der Waals surface area contributed by atoms with Gasteiger partial charge in [0.1, 0.15) is 6.10 Å². The third-order valence-electron chi connectivity index (χ3n) is 3.47. The lowest BCUT2D eigenvalue weighted by atomic mass is 9.99. The van der Waals surface area contributed by atoms with Gasteiger partial charge in [0.05, 0.1) is 11.1 Å². The van der Waals surface area contributed by atoms with Gasteiger partial charge >= 0.3 is 11.9 Å². The quantitative estimate of drug-likeness (QED) is 0.645. The van der Waals surface area contributed by atoms with Gasteiger partial charge in [-0.25, -0.2) is 9.59 Å². The Balaban J connectivity index is 2.16. The third-order valence-corrected chi connectivity index (χ3v) is 3.47. The van der Waals surface area contributed by atoms with Crippen LogP contribution in [0.4, 0.5) is 0 Å². The van der Waals surface area contributed by atoms with Crippen molar-refractivity contribution in [2.45, 2.75) is 18.6 Å². The highest BCUT2D eigenvalue weighted by molar-refractivity contribution is 6.02. The first-order valence-corrected chi connectivity index (χ1v) is 7.12. The van der Waals surface area contributed by atoms with E-state index in [0.717, 1.165) is 5.57 Å². The van der Waals surface area contributed by atoms with E-state index in [1.54, 1.807) is 24.3 Å². The maximum atomic E-state index is 12.3. The molecule has 5 nitrogen and oxygen atoms in total. The molecule has 23 heavy (non-hydrogen) atoms. The predicted molar refractivity (Wildman–Crippen MR) is 85.4 cm³/mol. The highest BCUT2D eigenvalue weighted by atomic mass is 16.6. The molecule has 0 fully saturated rings. The van der Waals surface area contributed by atoms with E-state index in [1.165, 1.54) is 19.2 Å². The summed E-state index contributed by atoms with van der Waals surface area (Å²) in [5, 5.41) is 9.15. The monoisotopic (exact) mass is 314 g/mol. The van der Waals surface area contributed by atoms with Gasteiger partial charge in [0.25, 0.3) is 0 Å². The van der Waals surface area contributed by atoms with Crippen LogP contribution in [-0.2, 0) is 9.47 Å². The van der Waals surface area contributed by atoms with Gasteiger partial charge in [-0.2, -0.15) is 0 Å². The van der Waals surface area contributed by atoms with E-state index in [0.29, 0.717) is 6.42 Å². The van der Waals surface area contributed by atoms with Gasteiger partial charge < -0.3 is 14.6 Å². The summed E-state index contributed by atoms with van der Waals surface area (Å²) in [6, 6.07) is 5.95. The van der Waals surface area contributed by atoms with E-state index in [-0.39, 0.29) is 11.1 Å². The van der Waals surface area contributed by atoms with Gasteiger partial charge in [0, 0.05) is 7.11 Å². The van der Waals surface area contributed by atoms with Crippen LogP contribution < -0.4 is 0 Å². The second kappa shape index (κ2) is 7.56. The number of allylic oxidation sites excluding steroid dienone is 3. The zero-order valence-electron chi connectivity index (χ0n) is 12.8. The number of carboxylic acid groups (broad SMARTS) is 1. The highest BCUT2D eigenvalue weighted by Gasteiger charge is 2.26. The van der Waals surface area contributed by atoms with Crippen LogP contribution in [0.1, 0.15) is 27.1 Å². The fourth-order valence-electron chi connectivity index (χ4n) is 2.34. The summed E-state index contributed by atoms with van der Waals surface area (Å²) in [7, 11) is 1.53. The molecule has 0 saturated carbocycles. The molecule has 1 aromatic rings. The highest BCUT2D eigenvalue weighted by Crippen LogP contribution is 2.21. The average molecular weight is 314 g/mol. The molecule has 120 valence electrons. The van der Waals surface area contributed by atoms with E-state index in [1.807, 2.05) is 12.2 Å². The summed E-state index contributed by atoms with van der Waals surface area (Å²) in [6.45, 7) is 3.68. The molecule has 0 spiro atoms. The molecule has 2 atom stereocenters. The van der Waals surface area contributed by atoms with Crippen LogP contribution in [0.3, 0.4) is 0 Å². The summed E-state index contributed by atoms with van der Waals surface area (Å²) in [5.74, 6) is -1.87. The first-order chi connectivity index (χ1) is 11.1. The SMILES string of the molecule is C=CCC1=CC(OC)C(OC(=O)c2ccccc2C(=O)O)C=C1. The Kier molecular flexibility index (Phi) is 5.49. The molecule has 0 radical (unpaired) electrons. The minimum absolute atomic E-state index is 0.0177. The zero-order chi connectivity index (χ0) is 16.8. The van der Waals surface area contributed by atoms with Crippen molar-refractivity contribution >= 4 is 11.9 Å². The van der Waals surface area contributed by atoms with Gasteiger partial charge in [-0.1, -0.05) is 24.3 Å². The number of rotatable bonds is 6. The fourth-order valence-corrected chi connectivity index (χ4v) is 2.34. The smallest absolute Gasteiger partial charge is 0.339 e. The summed E-state index contributed by atoms with van der Waals surface area (Å²) in [4.78, 5) is 23.5. The Morgan fingerprint density at radius 2 is 1.96 bits per heavy atom. The Labute approximate surface area is 134 Å². The molecule has 0 aliphatic heterocycles. The van der Waals surface area contributed by atoms with Crippen LogP contribution in [-0.4, -0.2) is 36.4 Å². The predicted octanol–water partition coefficient (Wildman–Crippen LogP) is 3.00. The minimum atomic E-state index is -1.17. The summed E-state index contributed by atoms with van der Waals surface area (Å²) < 4.78 is 10.8. The van der Waals surface area contributed by atoms with Gasteiger partial charge in [0.15, 0.2) is 6.10 Å². The lowest BCUT2D eigenvalue weighted by Gasteiger charge is -2.25. The molecule has 2 rings (SSSR count). The average Bonchev–Trinajstić information content (AvgIpc) is 2.56. The number of hydrogen-bond acceptors (Lipinski definition) is 4. The number of aromatic carboxylic acids is 1. The topological polar surface area (TPSA) is 72.8 Å². The first-order valence-electron chi connectivity index (χ1n) is 7.12. The van der Waals surface area contributed by atoms with Crippen LogP contribution in [0.5, 0.6) is 0 Å². The molecule has 5 heteroatoms. The Morgan fingerprint density at radius 1 is 1.26 bits per heavy atom. The standard InChI is InChI=1S/C18H18O5/c1-3-6-12-9-10-15(16(11-12)22-2)23-18(21)14-8-5-4-7-13(14)17(19)20/h3-5,7-11,15-16H,1,6H2,2H3,(H,19,20). The van der Waals surface area contributed by atoms with Gasteiger partial charge in [0.2, 0.25) is 0 Å². The van der Waals surface area contributed by atoms with E-state index >= 15 is 0 Å². The largest absolute Gasteiger partial charge is 0.478 e. The van der Waals surface area contributed by atoms with Crippen LogP contribution in [0.15, 0.2) is 60.7 Å². The van der Waals surface area contributed by atoms with Crippen molar-refractivity contribution in [1.29, 1.82) is 0 Å². The van der Waals surface area contributed by atoms with Crippen molar-refractivity contribution in [2.75, 3.05) is 7.11 Å². The number of carbonyl (C=O) groups is 2. The molecule has 1 aliphatic carbocycles. The van der Waals surface area contributed by atoms with Crippen molar-refractivity contribution in [3.63, 3.8) is 0 Å². The fraction of sp³-hybridized carbons (Fsp3) is 0.222. The van der Waals surface area contributed by atoms with E-state index in [2.05, 4.69) is 6.58 Å². The minimum Gasteiger partial charge on any atom is -0.478 e. The molecular formula is C18H18O5. The van der Waals surface area contributed by atoms with Crippen LogP contribution >= 0.6 is 0 Å². The van der Waals surface area contributed by atoms with E-state index < -0.39 is 24.1 Å². The van der Waals surface area contributed by atoms with E-state index in [4.69, 9.17) is 14.6 Å². The molecule has 0 aromatic heterocycles. The number of methoxy groups -OCH3 is 1. The van der Waals surface area contributed by atoms with Gasteiger partial charge in [-0.05, 0) is 36.3 Å². The number of esters is 1. The molecular weight excluding hydrogens is 296 g/mol. The number of ether oxygens (including phenoxy) is 2. The molecule has 1 aromatic carbocycles. The normalized spacial score (nSPS) is 19.8. The molecule has 1 aliphatic rings. The van der Waals surface area contributed by atoms with Crippen molar-refractivity contribution in [1.82, 2.24) is 0 Å². The van der Waals surface area contributed by atoms with Crippen molar-refractivity contribution in [3.8, 4) is 0 Å². The third kappa shape index (κ3) is 3.96. The second-order valence-electron chi connectivity index (χ2n) is 5.01. The lowest BCUT2D eigenvalue weighted by molar-refractivity contribution is -0.00125. The van der Waals surface area contributed by atoms with Crippen LogP contribution in [0, 0.1) is 0 Å². The van der Waals surface area contributed by atoms with Crippen molar-refractivity contribution in [3.05, 3.63) is 71.8 Å². The number of benzene rings is 1. The lowest BCUT2D eigenvalue weighted by Crippen LogP contribution is -2.32. The summed E-state index contributed by atoms with van der Waals surface area (Å²) in [6.07, 6.45) is 6.88. The molecule has 0 bridgehead atoms. The summed E-state index contributed by atoms with van der Waals surface area (Å²) >= 11 is 0. The Hall–Kier alpha value is -2.66. The Bertz CT molecular complexity index is 672. The number of carbonyl (C=O) groups excluding carboxylic acids is 1. The van der Waals surface area contributed by atoms with Gasteiger partial charge in [-0.15, -0.1) is 6.58 Å². The Morgan fingerprint density at radius 3 is 2.57 bits per heavy atom. The van der Waals surface area contributed by atoms with E-state index in [9.17, 15) is 9.59 Å². The molecule has 0 saturated heterocycles. The van der Waals surface area contributed by atoms with Gasteiger partial charge in [-0.3, -0.25) is 0 Å².